The molecule has 14 heavy (non-hydrogen) atoms. The summed E-state index contributed by atoms with van der Waals surface area (Å²) in [5, 5.41) is 11.4. The number of hydrogen-bond donors (Lipinski definition) is 1. The summed E-state index contributed by atoms with van der Waals surface area (Å²) < 4.78 is -0.417. The minimum absolute atomic E-state index is 0.417. The van der Waals surface area contributed by atoms with Gasteiger partial charge in [-0.25, -0.2) is 0 Å². The van der Waals surface area contributed by atoms with Crippen LogP contribution in [0.1, 0.15) is 13.3 Å². The molecule has 82 valence electrons. The molecular weight excluding hydrogens is 252 g/mol. The fraction of sp³-hybridized carbons (Fsp3) is 1.00. The maximum absolute atomic E-state index is 10.0. The molecule has 0 aromatic heterocycles. The van der Waals surface area contributed by atoms with E-state index in [2.05, 4.69) is 18.7 Å². The van der Waals surface area contributed by atoms with Crippen LogP contribution in [-0.4, -0.2) is 42.9 Å². The van der Waals surface area contributed by atoms with Crippen molar-refractivity contribution in [1.29, 1.82) is 0 Å². The maximum Gasteiger partial charge on any atom is 0.170 e. The van der Waals surface area contributed by atoms with E-state index < -0.39 is 4.27 Å². The predicted octanol–water partition coefficient (Wildman–Crippen LogP) is 2.74. The van der Waals surface area contributed by atoms with Gasteiger partial charge in [-0.05, 0) is 12.2 Å². The lowest BCUT2D eigenvalue weighted by atomic mass is 10.5. The highest BCUT2D eigenvalue weighted by molar-refractivity contribution is 8.25. The minimum Gasteiger partial charge on any atom is -0.369 e. The summed E-state index contributed by atoms with van der Waals surface area (Å²) >= 11 is 7.57. The number of rotatable bonds is 6. The van der Waals surface area contributed by atoms with Crippen molar-refractivity contribution in [3.8, 4) is 0 Å². The van der Waals surface area contributed by atoms with Crippen LogP contribution in [0.4, 0.5) is 0 Å². The van der Waals surface area contributed by atoms with Gasteiger partial charge in [-0.3, -0.25) is 0 Å². The third-order valence-electron chi connectivity index (χ3n) is 2.26. The van der Waals surface area contributed by atoms with Gasteiger partial charge in [0.2, 0.25) is 0 Å². The molecule has 0 saturated carbocycles. The molecule has 2 saturated heterocycles. The van der Waals surface area contributed by atoms with Crippen molar-refractivity contribution >= 4 is 47.0 Å². The average Bonchev–Trinajstić information content (AvgIpc) is 2.72. The van der Waals surface area contributed by atoms with Crippen LogP contribution in [0.2, 0.25) is 0 Å². The molecule has 0 spiro atoms. The topological polar surface area (TPSA) is 20.2 Å². The number of aliphatic hydroxyl groups is 1. The quantitative estimate of drug-likeness (QED) is 0.588. The Hall–Kier alpha value is 1.36. The highest BCUT2D eigenvalue weighted by atomic mass is 32.2. The molecule has 5 heteroatoms. The van der Waals surface area contributed by atoms with Crippen molar-refractivity contribution in [2.24, 2.45) is 0 Å². The second-order valence-electron chi connectivity index (χ2n) is 3.58. The Kier molecular flexibility index (Phi) is 4.33. The smallest absolute Gasteiger partial charge is 0.170 e. The van der Waals surface area contributed by atoms with E-state index in [1.54, 1.807) is 23.5 Å². The Balaban J connectivity index is 1.59. The fourth-order valence-corrected chi connectivity index (χ4v) is 6.66. The molecule has 1 nitrogen and oxygen atoms in total. The normalized spacial score (nSPS) is 36.9. The highest BCUT2D eigenvalue weighted by Gasteiger charge is 2.54. The monoisotopic (exact) mass is 268 g/mol. The summed E-state index contributed by atoms with van der Waals surface area (Å²) in [4.78, 5) is 0. The second kappa shape index (κ2) is 5.13. The van der Waals surface area contributed by atoms with E-state index in [9.17, 15) is 5.11 Å². The van der Waals surface area contributed by atoms with Crippen LogP contribution in [-0.2, 0) is 0 Å². The Labute approximate surface area is 103 Å². The predicted molar refractivity (Wildman–Crippen MR) is 72.6 cm³/mol. The van der Waals surface area contributed by atoms with E-state index >= 15 is 0 Å². The Bertz CT molecular complexity index is 197. The first-order valence-corrected chi connectivity index (χ1v) is 9.05. The van der Waals surface area contributed by atoms with Crippen molar-refractivity contribution < 1.29 is 5.11 Å². The third-order valence-corrected chi connectivity index (χ3v) is 8.77. The van der Waals surface area contributed by atoms with Crippen LogP contribution < -0.4 is 0 Å². The van der Waals surface area contributed by atoms with Gasteiger partial charge in [0.05, 0.1) is 5.25 Å². The van der Waals surface area contributed by atoms with Crippen LogP contribution in [0.5, 0.6) is 0 Å². The van der Waals surface area contributed by atoms with Crippen LogP contribution in [0.25, 0.3) is 0 Å². The molecule has 0 aliphatic carbocycles. The summed E-state index contributed by atoms with van der Waals surface area (Å²) in [7, 11) is 0. The molecule has 2 aliphatic rings. The van der Waals surface area contributed by atoms with Crippen LogP contribution in [0.3, 0.4) is 0 Å². The van der Waals surface area contributed by atoms with Crippen molar-refractivity contribution in [2.45, 2.75) is 28.1 Å². The summed E-state index contributed by atoms with van der Waals surface area (Å²) in [6.07, 6.45) is 1.16. The molecular formula is C9H16OS4. The molecule has 2 fully saturated rings. The largest absolute Gasteiger partial charge is 0.369 e. The van der Waals surface area contributed by atoms with Gasteiger partial charge in [0.25, 0.3) is 0 Å². The Morgan fingerprint density at radius 1 is 1.50 bits per heavy atom. The van der Waals surface area contributed by atoms with Gasteiger partial charge in [0.1, 0.15) is 0 Å². The van der Waals surface area contributed by atoms with E-state index in [4.69, 9.17) is 0 Å². The molecule has 2 heterocycles. The van der Waals surface area contributed by atoms with Gasteiger partial charge in [-0.15, -0.1) is 23.5 Å². The zero-order valence-electron chi connectivity index (χ0n) is 8.27. The molecule has 0 bridgehead atoms. The summed E-state index contributed by atoms with van der Waals surface area (Å²) in [5.41, 5.74) is 0. The van der Waals surface area contributed by atoms with E-state index in [1.165, 1.54) is 11.5 Å². The van der Waals surface area contributed by atoms with E-state index in [0.717, 1.165) is 23.2 Å². The van der Waals surface area contributed by atoms with E-state index in [1.807, 2.05) is 11.8 Å². The van der Waals surface area contributed by atoms with Crippen molar-refractivity contribution in [1.82, 2.24) is 0 Å². The third kappa shape index (κ3) is 2.94. The van der Waals surface area contributed by atoms with Gasteiger partial charge in [-0.1, -0.05) is 6.92 Å². The van der Waals surface area contributed by atoms with Gasteiger partial charge in [-0.2, -0.15) is 23.5 Å². The molecule has 0 radical (unpaired) electrons. The molecule has 2 rings (SSSR count). The lowest BCUT2D eigenvalue weighted by Gasteiger charge is -2.23. The Morgan fingerprint density at radius 2 is 2.29 bits per heavy atom. The minimum atomic E-state index is -0.417. The second-order valence-corrected chi connectivity index (χ2v) is 8.99. The average molecular weight is 268 g/mol. The van der Waals surface area contributed by atoms with Gasteiger partial charge in [0, 0.05) is 22.5 Å². The summed E-state index contributed by atoms with van der Waals surface area (Å²) in [6.45, 7) is 2.17. The Morgan fingerprint density at radius 3 is 2.86 bits per heavy atom. The maximum atomic E-state index is 10.0. The molecule has 1 N–H and O–H groups in total. The number of thioether (sulfide) groups is 4. The van der Waals surface area contributed by atoms with Gasteiger partial charge >= 0.3 is 0 Å². The highest BCUT2D eigenvalue weighted by Crippen LogP contribution is 2.60. The summed E-state index contributed by atoms with van der Waals surface area (Å²) in [6, 6.07) is 0. The first-order chi connectivity index (χ1) is 6.74. The van der Waals surface area contributed by atoms with Crippen molar-refractivity contribution in [2.75, 3.05) is 23.0 Å². The first-order valence-electron chi connectivity index (χ1n) is 4.98. The lowest BCUT2D eigenvalue weighted by Crippen LogP contribution is -2.22. The molecule has 0 aromatic rings. The van der Waals surface area contributed by atoms with Crippen LogP contribution in [0, 0.1) is 0 Å². The van der Waals surface area contributed by atoms with E-state index in [-0.39, 0.29) is 0 Å². The fourth-order valence-electron chi connectivity index (χ4n) is 1.22. The van der Waals surface area contributed by atoms with Crippen LogP contribution in [0.15, 0.2) is 0 Å². The van der Waals surface area contributed by atoms with Crippen molar-refractivity contribution in [3.05, 3.63) is 0 Å². The van der Waals surface area contributed by atoms with Gasteiger partial charge in [0.15, 0.2) is 4.27 Å². The molecule has 0 amide bonds. The van der Waals surface area contributed by atoms with Gasteiger partial charge < -0.3 is 5.11 Å². The van der Waals surface area contributed by atoms with Crippen LogP contribution >= 0.6 is 47.0 Å². The zero-order valence-corrected chi connectivity index (χ0v) is 11.5. The molecule has 2 unspecified atom stereocenters. The van der Waals surface area contributed by atoms with Crippen molar-refractivity contribution in [3.63, 3.8) is 0 Å². The molecule has 2 aliphatic heterocycles. The lowest BCUT2D eigenvalue weighted by molar-refractivity contribution is 0.266. The standard InChI is InChI=1S/C9H16OS4/c1-2-3-13-9(10)8(14-9)6-12-7-4-11-5-7/h7-8,10H,2-6H2,1H3. The SMILES string of the molecule is CCCSC1(O)SC1CSC1CSC1. The first kappa shape index (κ1) is 11.8. The molecule has 0 aromatic carbocycles. The zero-order chi connectivity index (χ0) is 10.0. The van der Waals surface area contributed by atoms with E-state index in [0.29, 0.717) is 5.25 Å². The summed E-state index contributed by atoms with van der Waals surface area (Å²) in [5.74, 6) is 4.87. The molecule has 2 atom stereocenters. The number of hydrogen-bond acceptors (Lipinski definition) is 5.